The van der Waals surface area contributed by atoms with Crippen molar-refractivity contribution in [2.75, 3.05) is 0 Å². The maximum atomic E-state index is 3.91. The minimum atomic E-state index is 0.299. The van der Waals surface area contributed by atoms with Crippen molar-refractivity contribution in [2.24, 2.45) is 0 Å². The van der Waals surface area contributed by atoms with Crippen LogP contribution < -0.4 is 10.9 Å². The molecule has 2 nitrogen and oxygen atoms in total. The number of allylic oxidation sites excluding steroid dienone is 1. The normalized spacial score (nSPS) is 9.43. The summed E-state index contributed by atoms with van der Waals surface area (Å²) < 4.78 is 1.86. The van der Waals surface area contributed by atoms with Crippen LogP contribution in [0.1, 0.15) is 6.92 Å². The van der Waals surface area contributed by atoms with E-state index in [1.54, 1.807) is 12.5 Å². The molecule has 0 aliphatic carbocycles. The molecule has 0 radical (unpaired) electrons. The van der Waals surface area contributed by atoms with Gasteiger partial charge in [-0.3, -0.25) is 0 Å². The molecule has 0 bridgehead atoms. The van der Waals surface area contributed by atoms with Crippen LogP contribution in [0.3, 0.4) is 0 Å². The Labute approximate surface area is 138 Å². The van der Waals surface area contributed by atoms with E-state index in [4.69, 9.17) is 0 Å². The molecule has 0 spiro atoms. The maximum Gasteiger partial charge on any atom is 0.233 e. The van der Waals surface area contributed by atoms with Crippen molar-refractivity contribution in [1.29, 1.82) is 0 Å². The predicted molar refractivity (Wildman–Crippen MR) is 101 cm³/mol. The van der Waals surface area contributed by atoms with Crippen molar-refractivity contribution in [3.8, 4) is 0 Å². The SMILES string of the molecule is C=C(C)n1ccnc1.C=CB(c1ccccc1)c1ccccc1. The van der Waals surface area contributed by atoms with Gasteiger partial charge >= 0.3 is 0 Å². The van der Waals surface area contributed by atoms with Crippen molar-refractivity contribution < 1.29 is 0 Å². The van der Waals surface area contributed by atoms with E-state index in [0.717, 1.165) is 5.70 Å². The first-order chi connectivity index (χ1) is 11.2. The summed E-state index contributed by atoms with van der Waals surface area (Å²) in [7, 11) is 0. The highest BCUT2D eigenvalue weighted by Crippen LogP contribution is 1.95. The van der Waals surface area contributed by atoms with Crippen LogP contribution in [-0.2, 0) is 0 Å². The molecule has 0 saturated carbocycles. The lowest BCUT2D eigenvalue weighted by atomic mass is 9.41. The third-order valence-corrected chi connectivity index (χ3v) is 3.50. The number of hydrogen-bond donors (Lipinski definition) is 0. The molecule has 2 aromatic carbocycles. The standard InChI is InChI=1S/C14H13B.C6H8N2/c1-2-15(13-9-5-3-6-10-13)14-11-7-4-8-12-14;1-6(2)8-4-3-7-5-8/h2-12H,1H2;3-5H,1H2,2H3. The molecule has 3 aromatic rings. The number of benzene rings is 2. The summed E-state index contributed by atoms with van der Waals surface area (Å²) in [4.78, 5) is 3.85. The van der Waals surface area contributed by atoms with Gasteiger partial charge in [0, 0.05) is 18.1 Å². The Hall–Kier alpha value is -2.81. The summed E-state index contributed by atoms with van der Waals surface area (Å²) >= 11 is 0. The third kappa shape index (κ3) is 4.85. The number of imidazole rings is 1. The topological polar surface area (TPSA) is 17.8 Å². The molecule has 1 heterocycles. The average molecular weight is 300 g/mol. The van der Waals surface area contributed by atoms with Crippen LogP contribution in [0.25, 0.3) is 5.70 Å². The van der Waals surface area contributed by atoms with Gasteiger partial charge in [-0.15, -0.1) is 12.6 Å². The summed E-state index contributed by atoms with van der Waals surface area (Å²) in [5, 5.41) is 0. The first-order valence-electron chi connectivity index (χ1n) is 7.58. The molecule has 114 valence electrons. The minimum Gasteiger partial charge on any atom is -0.311 e. The van der Waals surface area contributed by atoms with E-state index >= 15 is 0 Å². The number of rotatable bonds is 4. The summed E-state index contributed by atoms with van der Waals surface area (Å²) in [5.74, 6) is 1.99. The van der Waals surface area contributed by atoms with Crippen molar-refractivity contribution in [2.45, 2.75) is 6.92 Å². The zero-order valence-electron chi connectivity index (χ0n) is 13.5. The molecule has 0 aliphatic rings. The number of aromatic nitrogens is 2. The molecular formula is C20H21BN2. The Morgan fingerprint density at radius 2 is 1.52 bits per heavy atom. The smallest absolute Gasteiger partial charge is 0.233 e. The zero-order chi connectivity index (χ0) is 16.5. The lowest BCUT2D eigenvalue weighted by molar-refractivity contribution is 1.08. The van der Waals surface area contributed by atoms with E-state index in [1.807, 2.05) is 35.8 Å². The van der Waals surface area contributed by atoms with Crippen LogP contribution in [0.15, 0.2) is 98.5 Å². The molecule has 0 N–H and O–H groups in total. The van der Waals surface area contributed by atoms with E-state index in [1.165, 1.54) is 10.9 Å². The highest BCUT2D eigenvalue weighted by Gasteiger charge is 2.13. The molecule has 0 unspecified atom stereocenters. The largest absolute Gasteiger partial charge is 0.311 e. The van der Waals surface area contributed by atoms with Crippen LogP contribution in [0.4, 0.5) is 0 Å². The van der Waals surface area contributed by atoms with Gasteiger partial charge in [-0.2, -0.15) is 0 Å². The van der Waals surface area contributed by atoms with Crippen LogP contribution in [0.2, 0.25) is 0 Å². The van der Waals surface area contributed by atoms with Gasteiger partial charge in [-0.05, 0) is 6.92 Å². The summed E-state index contributed by atoms with van der Waals surface area (Å²) in [6.45, 7) is 9.87. The Morgan fingerprint density at radius 1 is 1.00 bits per heavy atom. The number of nitrogens with zero attached hydrogens (tertiary/aromatic N) is 2. The first kappa shape index (κ1) is 16.6. The molecule has 23 heavy (non-hydrogen) atoms. The van der Waals surface area contributed by atoms with E-state index in [9.17, 15) is 0 Å². The lowest BCUT2D eigenvalue weighted by Crippen LogP contribution is -2.40. The van der Waals surface area contributed by atoms with Crippen molar-refractivity contribution in [3.63, 3.8) is 0 Å². The van der Waals surface area contributed by atoms with Gasteiger partial charge in [0.25, 0.3) is 0 Å². The van der Waals surface area contributed by atoms with Gasteiger partial charge in [0.2, 0.25) is 6.71 Å². The Morgan fingerprint density at radius 3 is 1.83 bits per heavy atom. The summed E-state index contributed by atoms with van der Waals surface area (Å²) in [6, 6.07) is 20.9. The van der Waals surface area contributed by atoms with Crippen LogP contribution >= 0.6 is 0 Å². The Bertz CT molecular complexity index is 679. The quantitative estimate of drug-likeness (QED) is 0.675. The Balaban J connectivity index is 0.000000203. The second-order valence-corrected chi connectivity index (χ2v) is 5.24. The fourth-order valence-corrected chi connectivity index (χ4v) is 2.27. The van der Waals surface area contributed by atoms with E-state index in [2.05, 4.69) is 66.7 Å². The highest BCUT2D eigenvalue weighted by atomic mass is 15.0. The van der Waals surface area contributed by atoms with Gasteiger partial charge in [0.05, 0.1) is 6.33 Å². The zero-order valence-corrected chi connectivity index (χ0v) is 13.5. The van der Waals surface area contributed by atoms with E-state index in [0.29, 0.717) is 6.71 Å². The predicted octanol–water partition coefficient (Wildman–Crippen LogP) is 3.39. The molecule has 0 aliphatic heterocycles. The van der Waals surface area contributed by atoms with Gasteiger partial charge in [0.1, 0.15) is 0 Å². The van der Waals surface area contributed by atoms with Crippen molar-refractivity contribution in [1.82, 2.24) is 9.55 Å². The Kier molecular flexibility index (Phi) is 6.19. The van der Waals surface area contributed by atoms with Gasteiger partial charge < -0.3 is 4.57 Å². The second kappa shape index (κ2) is 8.59. The van der Waals surface area contributed by atoms with Crippen LogP contribution in [-0.4, -0.2) is 16.3 Å². The van der Waals surface area contributed by atoms with Crippen molar-refractivity contribution in [3.05, 3.63) is 98.5 Å². The molecule has 0 atom stereocenters. The molecule has 1 aromatic heterocycles. The van der Waals surface area contributed by atoms with Gasteiger partial charge in [-0.1, -0.05) is 78.2 Å². The molecule has 0 saturated heterocycles. The molecule has 0 fully saturated rings. The molecule has 0 amide bonds. The molecule has 3 rings (SSSR count). The monoisotopic (exact) mass is 300 g/mol. The second-order valence-electron chi connectivity index (χ2n) is 5.24. The average Bonchev–Trinajstić information content (AvgIpc) is 3.13. The highest BCUT2D eigenvalue weighted by molar-refractivity contribution is 6.89. The van der Waals surface area contributed by atoms with E-state index < -0.39 is 0 Å². The maximum absolute atomic E-state index is 3.91. The minimum absolute atomic E-state index is 0.299. The van der Waals surface area contributed by atoms with Crippen LogP contribution in [0, 0.1) is 0 Å². The first-order valence-corrected chi connectivity index (χ1v) is 7.58. The third-order valence-electron chi connectivity index (χ3n) is 3.50. The van der Waals surface area contributed by atoms with Gasteiger partial charge in [-0.25, -0.2) is 4.98 Å². The fraction of sp³-hybridized carbons (Fsp3) is 0.0500. The van der Waals surface area contributed by atoms with E-state index in [-0.39, 0.29) is 0 Å². The van der Waals surface area contributed by atoms with Crippen LogP contribution in [0.5, 0.6) is 0 Å². The lowest BCUT2D eigenvalue weighted by Gasteiger charge is -2.09. The summed E-state index contributed by atoms with van der Waals surface area (Å²) in [6.07, 6.45) is 5.32. The number of hydrogen-bond acceptors (Lipinski definition) is 1. The fourth-order valence-electron chi connectivity index (χ4n) is 2.27. The summed E-state index contributed by atoms with van der Waals surface area (Å²) in [5.41, 5.74) is 3.57. The van der Waals surface area contributed by atoms with Gasteiger partial charge in [0.15, 0.2) is 0 Å². The molecule has 3 heteroatoms. The van der Waals surface area contributed by atoms with Crippen molar-refractivity contribution >= 4 is 23.3 Å². The molecular weight excluding hydrogens is 279 g/mol.